The van der Waals surface area contributed by atoms with E-state index in [9.17, 15) is 18.0 Å². The van der Waals surface area contributed by atoms with Crippen molar-refractivity contribution in [1.82, 2.24) is 14.9 Å². The van der Waals surface area contributed by atoms with Crippen LogP contribution in [0.5, 0.6) is 0 Å². The largest absolute Gasteiger partial charge is 0.451 e. The molecule has 0 aliphatic carbocycles. The van der Waals surface area contributed by atoms with Gasteiger partial charge in [-0.2, -0.15) is 13.2 Å². The molecule has 110 valence electrons. The maximum Gasteiger partial charge on any atom is 0.451 e. The molecule has 6 nitrogen and oxygen atoms in total. The number of carbonyl (C=O) groups excluding carboxylic acids is 1. The molecule has 9 heteroatoms. The highest BCUT2D eigenvalue weighted by Gasteiger charge is 2.35. The Bertz CT molecular complexity index is 472. The van der Waals surface area contributed by atoms with E-state index in [0.29, 0.717) is 26.3 Å². The Balaban J connectivity index is 2.23. The minimum atomic E-state index is -4.61. The van der Waals surface area contributed by atoms with Crippen molar-refractivity contribution in [3.63, 3.8) is 0 Å². The number of ether oxygens (including phenoxy) is 1. The van der Waals surface area contributed by atoms with Crippen LogP contribution >= 0.6 is 0 Å². The standard InChI is InChI=1S/C11H13F3N4O2/c12-11(13,14)10-16-5-7(6-17-10)8(9(15)19)18-1-3-20-4-2-18/h5-6,8H,1-4H2,(H2,15,19)/t8-/m0/s1. The minimum Gasteiger partial charge on any atom is -0.379 e. The summed E-state index contributed by atoms with van der Waals surface area (Å²) < 4.78 is 42.3. The number of rotatable bonds is 3. The quantitative estimate of drug-likeness (QED) is 0.869. The highest BCUT2D eigenvalue weighted by molar-refractivity contribution is 5.81. The van der Waals surface area contributed by atoms with E-state index in [1.54, 1.807) is 4.90 Å². The van der Waals surface area contributed by atoms with Gasteiger partial charge in [-0.1, -0.05) is 0 Å². The number of hydrogen-bond acceptors (Lipinski definition) is 5. The van der Waals surface area contributed by atoms with Crippen LogP contribution in [0.4, 0.5) is 13.2 Å². The average Bonchev–Trinajstić information content (AvgIpc) is 2.39. The summed E-state index contributed by atoms with van der Waals surface area (Å²) in [6, 6.07) is -0.846. The fourth-order valence-corrected chi connectivity index (χ4v) is 2.02. The summed E-state index contributed by atoms with van der Waals surface area (Å²) in [6.45, 7) is 1.81. The molecular formula is C11H13F3N4O2. The number of alkyl halides is 3. The third-order valence-corrected chi connectivity index (χ3v) is 2.92. The molecule has 0 spiro atoms. The van der Waals surface area contributed by atoms with Crippen molar-refractivity contribution in [1.29, 1.82) is 0 Å². The normalized spacial score (nSPS) is 18.8. The molecule has 1 aromatic rings. The summed E-state index contributed by atoms with van der Waals surface area (Å²) in [4.78, 5) is 19.8. The number of halogens is 3. The van der Waals surface area contributed by atoms with E-state index in [0.717, 1.165) is 12.4 Å². The van der Waals surface area contributed by atoms with Gasteiger partial charge in [0.05, 0.1) is 13.2 Å². The molecule has 2 heterocycles. The van der Waals surface area contributed by atoms with Crippen molar-refractivity contribution in [2.24, 2.45) is 5.73 Å². The molecule has 1 amide bonds. The Hall–Kier alpha value is -1.74. The number of nitrogens with two attached hydrogens (primary N) is 1. The van der Waals surface area contributed by atoms with Gasteiger partial charge in [-0.25, -0.2) is 9.97 Å². The van der Waals surface area contributed by atoms with Gasteiger partial charge in [-0.05, 0) is 0 Å². The van der Waals surface area contributed by atoms with Gasteiger partial charge < -0.3 is 10.5 Å². The first kappa shape index (κ1) is 14.7. The van der Waals surface area contributed by atoms with E-state index in [2.05, 4.69) is 9.97 Å². The number of morpholine rings is 1. The molecule has 20 heavy (non-hydrogen) atoms. The Labute approximate surface area is 112 Å². The third kappa shape index (κ3) is 3.23. The molecule has 1 saturated heterocycles. The van der Waals surface area contributed by atoms with Crippen LogP contribution in [0.1, 0.15) is 17.4 Å². The van der Waals surface area contributed by atoms with E-state index >= 15 is 0 Å². The molecule has 0 aromatic carbocycles. The van der Waals surface area contributed by atoms with Crippen LogP contribution in [0, 0.1) is 0 Å². The summed E-state index contributed by atoms with van der Waals surface area (Å²) in [5, 5.41) is 0. The Morgan fingerprint density at radius 1 is 1.30 bits per heavy atom. The van der Waals surface area contributed by atoms with Crippen LogP contribution in [0.3, 0.4) is 0 Å². The molecule has 0 radical (unpaired) electrons. The van der Waals surface area contributed by atoms with Gasteiger partial charge in [0.2, 0.25) is 11.7 Å². The fourth-order valence-electron chi connectivity index (χ4n) is 2.02. The van der Waals surface area contributed by atoms with Gasteiger partial charge in [-0.3, -0.25) is 9.69 Å². The Kier molecular flexibility index (Phi) is 4.19. The zero-order valence-corrected chi connectivity index (χ0v) is 10.4. The van der Waals surface area contributed by atoms with Gasteiger partial charge >= 0.3 is 6.18 Å². The Morgan fingerprint density at radius 2 is 1.85 bits per heavy atom. The molecule has 1 fully saturated rings. The number of amides is 1. The molecule has 0 bridgehead atoms. The number of aromatic nitrogens is 2. The molecule has 1 aliphatic heterocycles. The zero-order valence-electron chi connectivity index (χ0n) is 10.4. The lowest BCUT2D eigenvalue weighted by Crippen LogP contribution is -2.44. The van der Waals surface area contributed by atoms with Crippen molar-refractivity contribution in [3.8, 4) is 0 Å². The maximum absolute atomic E-state index is 12.4. The van der Waals surface area contributed by atoms with Crippen LogP contribution < -0.4 is 5.73 Å². The summed E-state index contributed by atoms with van der Waals surface area (Å²) in [6.07, 6.45) is -2.64. The number of nitrogens with zero attached hydrogens (tertiary/aromatic N) is 3. The van der Waals surface area contributed by atoms with Gasteiger partial charge in [0.1, 0.15) is 6.04 Å². The molecule has 1 aliphatic rings. The monoisotopic (exact) mass is 290 g/mol. The number of hydrogen-bond donors (Lipinski definition) is 1. The molecule has 1 aromatic heterocycles. The van der Waals surface area contributed by atoms with E-state index in [4.69, 9.17) is 10.5 Å². The second-order valence-corrected chi connectivity index (χ2v) is 4.29. The molecule has 2 N–H and O–H groups in total. The molecule has 0 saturated carbocycles. The lowest BCUT2D eigenvalue weighted by molar-refractivity contribution is -0.145. The maximum atomic E-state index is 12.4. The molecule has 1 atom stereocenters. The van der Waals surface area contributed by atoms with E-state index in [1.807, 2.05) is 0 Å². The second-order valence-electron chi connectivity index (χ2n) is 4.29. The third-order valence-electron chi connectivity index (χ3n) is 2.92. The SMILES string of the molecule is NC(=O)[C@H](c1cnc(C(F)(F)F)nc1)N1CCOCC1. The van der Waals surface area contributed by atoms with Crippen LogP contribution in [0.15, 0.2) is 12.4 Å². The smallest absolute Gasteiger partial charge is 0.379 e. The summed E-state index contributed by atoms with van der Waals surface area (Å²) in [5.74, 6) is -1.90. The van der Waals surface area contributed by atoms with E-state index in [-0.39, 0.29) is 5.56 Å². The lowest BCUT2D eigenvalue weighted by Gasteiger charge is -2.32. The van der Waals surface area contributed by atoms with Crippen molar-refractivity contribution < 1.29 is 22.7 Å². The second kappa shape index (κ2) is 5.71. The van der Waals surface area contributed by atoms with Crippen LogP contribution in [0.2, 0.25) is 0 Å². The number of primary amides is 1. The van der Waals surface area contributed by atoms with Gasteiger partial charge in [0.15, 0.2) is 0 Å². The van der Waals surface area contributed by atoms with E-state index in [1.165, 1.54) is 0 Å². The van der Waals surface area contributed by atoms with Gasteiger partial charge in [0, 0.05) is 31.0 Å². The highest BCUT2D eigenvalue weighted by Crippen LogP contribution is 2.27. The first-order chi connectivity index (χ1) is 9.39. The highest BCUT2D eigenvalue weighted by atomic mass is 19.4. The fraction of sp³-hybridized carbons (Fsp3) is 0.545. The first-order valence-corrected chi connectivity index (χ1v) is 5.90. The predicted octanol–water partition coefficient (Wildman–Crippen LogP) is 0.354. The Morgan fingerprint density at radius 3 is 2.30 bits per heavy atom. The summed E-state index contributed by atoms with van der Waals surface area (Å²) >= 11 is 0. The zero-order chi connectivity index (χ0) is 14.8. The van der Waals surface area contributed by atoms with Crippen molar-refractivity contribution >= 4 is 5.91 Å². The van der Waals surface area contributed by atoms with Crippen molar-refractivity contribution in [2.75, 3.05) is 26.3 Å². The van der Waals surface area contributed by atoms with Crippen LogP contribution in [0.25, 0.3) is 0 Å². The average molecular weight is 290 g/mol. The molecular weight excluding hydrogens is 277 g/mol. The lowest BCUT2D eigenvalue weighted by atomic mass is 10.1. The van der Waals surface area contributed by atoms with Crippen molar-refractivity contribution in [2.45, 2.75) is 12.2 Å². The summed E-state index contributed by atoms with van der Waals surface area (Å²) in [5.41, 5.74) is 5.57. The van der Waals surface area contributed by atoms with Crippen LogP contribution in [-0.2, 0) is 15.7 Å². The van der Waals surface area contributed by atoms with Crippen LogP contribution in [-0.4, -0.2) is 47.1 Å². The molecule has 0 unspecified atom stereocenters. The topological polar surface area (TPSA) is 81.3 Å². The minimum absolute atomic E-state index is 0.243. The van der Waals surface area contributed by atoms with Crippen molar-refractivity contribution in [3.05, 3.63) is 23.8 Å². The summed E-state index contributed by atoms with van der Waals surface area (Å²) in [7, 11) is 0. The van der Waals surface area contributed by atoms with Gasteiger partial charge in [-0.15, -0.1) is 0 Å². The predicted molar refractivity (Wildman–Crippen MR) is 61.4 cm³/mol. The van der Waals surface area contributed by atoms with E-state index < -0.39 is 23.9 Å². The van der Waals surface area contributed by atoms with Gasteiger partial charge in [0.25, 0.3) is 0 Å². The molecule has 2 rings (SSSR count). The number of carbonyl (C=O) groups is 1. The first-order valence-electron chi connectivity index (χ1n) is 5.90.